The van der Waals surface area contributed by atoms with E-state index in [9.17, 15) is 9.90 Å². The Morgan fingerprint density at radius 3 is 2.14 bits per heavy atom. The van der Waals surface area contributed by atoms with E-state index in [0.717, 1.165) is 5.56 Å². The summed E-state index contributed by atoms with van der Waals surface area (Å²) < 4.78 is 10.7. The normalized spacial score (nSPS) is 13.2. The maximum Gasteiger partial charge on any atom is 0.281 e. The molecule has 0 saturated carbocycles. The predicted octanol–water partition coefficient (Wildman–Crippen LogP) is 3.19. The second kappa shape index (κ2) is 7.77. The molecule has 1 amide bonds. The Kier molecular flexibility index (Phi) is 5.01. The van der Waals surface area contributed by atoms with Gasteiger partial charge in [-0.2, -0.15) is 5.10 Å². The molecule has 6 heteroatoms. The van der Waals surface area contributed by atoms with E-state index in [2.05, 4.69) is 10.5 Å². The van der Waals surface area contributed by atoms with Crippen molar-refractivity contribution < 1.29 is 19.4 Å². The van der Waals surface area contributed by atoms with Crippen LogP contribution in [0, 0.1) is 0 Å². The van der Waals surface area contributed by atoms with Crippen molar-refractivity contribution in [2.45, 2.75) is 12.5 Å². The minimum absolute atomic E-state index is 0.187. The number of nitrogens with zero attached hydrogens (tertiary/aromatic N) is 1. The average molecular weight is 388 g/mol. The number of carbonyl (C=O) groups is 1. The van der Waals surface area contributed by atoms with Crippen LogP contribution in [0.5, 0.6) is 11.5 Å². The van der Waals surface area contributed by atoms with Crippen LogP contribution in [0.4, 0.5) is 0 Å². The van der Waals surface area contributed by atoms with E-state index in [1.165, 1.54) is 0 Å². The van der Waals surface area contributed by atoms with Crippen LogP contribution in [0.1, 0.15) is 23.6 Å². The smallest absolute Gasteiger partial charge is 0.281 e. The Morgan fingerprint density at radius 1 is 0.931 bits per heavy atom. The summed E-state index contributed by atoms with van der Waals surface area (Å²) in [4.78, 5) is 13.1. The number of carbonyl (C=O) groups excluding carboxylic acids is 1. The molecule has 1 heterocycles. The molecule has 0 unspecified atom stereocenters. The van der Waals surface area contributed by atoms with Gasteiger partial charge in [0.25, 0.3) is 5.91 Å². The van der Waals surface area contributed by atoms with Crippen LogP contribution in [0.2, 0.25) is 0 Å². The lowest BCUT2D eigenvalue weighted by Gasteiger charge is -2.27. The van der Waals surface area contributed by atoms with Gasteiger partial charge in [0.15, 0.2) is 17.1 Å². The molecule has 3 aromatic rings. The summed E-state index contributed by atoms with van der Waals surface area (Å²) >= 11 is 0. The van der Waals surface area contributed by atoms with Gasteiger partial charge in [-0.3, -0.25) is 4.79 Å². The highest BCUT2D eigenvalue weighted by atomic mass is 16.7. The second-order valence-corrected chi connectivity index (χ2v) is 6.65. The second-order valence-electron chi connectivity index (χ2n) is 6.65. The third-order valence-corrected chi connectivity index (χ3v) is 4.83. The number of fused-ring (bicyclic) bond motifs is 1. The van der Waals surface area contributed by atoms with E-state index in [-0.39, 0.29) is 6.79 Å². The molecule has 0 bridgehead atoms. The van der Waals surface area contributed by atoms with Crippen molar-refractivity contribution >= 4 is 11.6 Å². The van der Waals surface area contributed by atoms with Gasteiger partial charge in [-0.25, -0.2) is 5.43 Å². The number of amides is 1. The Balaban J connectivity index is 1.63. The molecule has 0 atom stereocenters. The van der Waals surface area contributed by atoms with Gasteiger partial charge in [0, 0.05) is 5.56 Å². The van der Waals surface area contributed by atoms with Crippen molar-refractivity contribution in [1.29, 1.82) is 0 Å². The quantitative estimate of drug-likeness (QED) is 0.520. The number of rotatable bonds is 5. The van der Waals surface area contributed by atoms with Crippen LogP contribution in [0.3, 0.4) is 0 Å². The zero-order chi connectivity index (χ0) is 20.3. The standard InChI is InChI=1S/C23H20N2O4/c1-16(17-12-13-20-21(14-17)29-15-28-20)24-25-22(26)23(27,18-8-4-2-5-9-18)19-10-6-3-7-11-19/h2-14,27H,15H2,1H3,(H,25,26). The van der Waals surface area contributed by atoms with Gasteiger partial charge >= 0.3 is 0 Å². The van der Waals surface area contributed by atoms with Gasteiger partial charge < -0.3 is 14.6 Å². The molecule has 0 aromatic heterocycles. The molecule has 0 fully saturated rings. The van der Waals surface area contributed by atoms with Gasteiger partial charge in [0.1, 0.15) is 0 Å². The summed E-state index contributed by atoms with van der Waals surface area (Å²) in [6, 6.07) is 23.0. The van der Waals surface area contributed by atoms with Crippen molar-refractivity contribution in [3.63, 3.8) is 0 Å². The molecule has 146 valence electrons. The molecule has 0 radical (unpaired) electrons. The fourth-order valence-electron chi connectivity index (χ4n) is 3.19. The van der Waals surface area contributed by atoms with Gasteiger partial charge in [0.2, 0.25) is 6.79 Å². The molecule has 0 aliphatic carbocycles. The van der Waals surface area contributed by atoms with Crippen molar-refractivity contribution in [2.75, 3.05) is 6.79 Å². The van der Waals surface area contributed by atoms with Gasteiger partial charge in [0.05, 0.1) is 5.71 Å². The van der Waals surface area contributed by atoms with E-state index in [1.54, 1.807) is 67.6 Å². The summed E-state index contributed by atoms with van der Waals surface area (Å²) in [5.41, 5.74) is 2.90. The first kappa shape index (κ1) is 18.7. The van der Waals surface area contributed by atoms with Crippen molar-refractivity contribution in [1.82, 2.24) is 5.43 Å². The molecule has 3 aromatic carbocycles. The number of hydrogen-bond donors (Lipinski definition) is 2. The minimum atomic E-state index is -1.87. The highest BCUT2D eigenvalue weighted by Crippen LogP contribution is 2.33. The molecule has 1 aliphatic rings. The van der Waals surface area contributed by atoms with E-state index in [4.69, 9.17) is 9.47 Å². The van der Waals surface area contributed by atoms with Crippen LogP contribution in [0.25, 0.3) is 0 Å². The van der Waals surface area contributed by atoms with E-state index < -0.39 is 11.5 Å². The van der Waals surface area contributed by atoms with E-state index in [0.29, 0.717) is 28.3 Å². The summed E-state index contributed by atoms with van der Waals surface area (Å²) in [6.07, 6.45) is 0. The summed E-state index contributed by atoms with van der Waals surface area (Å²) in [6.45, 7) is 1.95. The highest BCUT2D eigenvalue weighted by Gasteiger charge is 2.39. The first-order chi connectivity index (χ1) is 14.1. The minimum Gasteiger partial charge on any atom is -0.454 e. The third-order valence-electron chi connectivity index (χ3n) is 4.83. The first-order valence-electron chi connectivity index (χ1n) is 9.17. The summed E-state index contributed by atoms with van der Waals surface area (Å²) in [5.74, 6) is 0.663. The monoisotopic (exact) mass is 388 g/mol. The largest absolute Gasteiger partial charge is 0.454 e. The van der Waals surface area contributed by atoms with Crippen LogP contribution in [-0.4, -0.2) is 23.5 Å². The van der Waals surface area contributed by atoms with E-state index >= 15 is 0 Å². The Bertz CT molecular complexity index is 1010. The molecule has 2 N–H and O–H groups in total. The molecule has 0 saturated heterocycles. The Morgan fingerprint density at radius 2 is 1.52 bits per heavy atom. The Labute approximate surface area is 168 Å². The fourth-order valence-corrected chi connectivity index (χ4v) is 3.19. The van der Waals surface area contributed by atoms with Crippen molar-refractivity contribution in [2.24, 2.45) is 5.10 Å². The van der Waals surface area contributed by atoms with Crippen molar-refractivity contribution in [3.8, 4) is 11.5 Å². The molecular formula is C23H20N2O4. The van der Waals surface area contributed by atoms with Crippen LogP contribution >= 0.6 is 0 Å². The fraction of sp³-hybridized carbons (Fsp3) is 0.130. The number of benzene rings is 3. The lowest BCUT2D eigenvalue weighted by molar-refractivity contribution is -0.136. The Hall–Kier alpha value is -3.64. The SMILES string of the molecule is CC(=NNC(=O)C(O)(c1ccccc1)c1ccccc1)c1ccc2c(c1)OCO2. The molecule has 4 rings (SSSR count). The predicted molar refractivity (Wildman–Crippen MR) is 109 cm³/mol. The topological polar surface area (TPSA) is 80.2 Å². The molecule has 1 aliphatic heterocycles. The molecule has 6 nitrogen and oxygen atoms in total. The number of nitrogens with one attached hydrogen (secondary N) is 1. The lowest BCUT2D eigenvalue weighted by Crippen LogP contribution is -2.43. The molecule has 29 heavy (non-hydrogen) atoms. The zero-order valence-electron chi connectivity index (χ0n) is 15.8. The number of hydrazone groups is 1. The van der Waals surface area contributed by atoms with Crippen LogP contribution < -0.4 is 14.9 Å². The van der Waals surface area contributed by atoms with Crippen LogP contribution in [0.15, 0.2) is 84.0 Å². The van der Waals surface area contributed by atoms with E-state index in [1.807, 2.05) is 18.2 Å². The number of aliphatic hydroxyl groups is 1. The average Bonchev–Trinajstić information content (AvgIpc) is 3.25. The van der Waals surface area contributed by atoms with Gasteiger partial charge in [-0.1, -0.05) is 60.7 Å². The zero-order valence-corrected chi connectivity index (χ0v) is 15.8. The maximum atomic E-state index is 13.1. The molecular weight excluding hydrogens is 368 g/mol. The molecule has 0 spiro atoms. The third kappa shape index (κ3) is 3.58. The van der Waals surface area contributed by atoms with Crippen molar-refractivity contribution in [3.05, 3.63) is 95.6 Å². The van der Waals surface area contributed by atoms with Gasteiger partial charge in [-0.05, 0) is 36.2 Å². The number of hydrogen-bond acceptors (Lipinski definition) is 5. The summed E-state index contributed by atoms with van der Waals surface area (Å²) in [7, 11) is 0. The van der Waals surface area contributed by atoms with Gasteiger partial charge in [-0.15, -0.1) is 0 Å². The number of ether oxygens (including phenoxy) is 2. The highest BCUT2D eigenvalue weighted by molar-refractivity contribution is 6.00. The first-order valence-corrected chi connectivity index (χ1v) is 9.17. The lowest BCUT2D eigenvalue weighted by atomic mass is 9.85. The maximum absolute atomic E-state index is 13.1. The van der Waals surface area contributed by atoms with Crippen LogP contribution in [-0.2, 0) is 10.4 Å². The summed E-state index contributed by atoms with van der Waals surface area (Å²) in [5, 5.41) is 15.6.